The first-order valence-corrected chi connectivity index (χ1v) is 14.5. The Labute approximate surface area is 241 Å². The molecule has 216 valence electrons. The number of phenolic OH excluding ortho intramolecular Hbond substituents is 1. The fourth-order valence-corrected chi connectivity index (χ4v) is 8.66. The molecule has 5 rings (SSSR count). The second-order valence-corrected chi connectivity index (χ2v) is 13.6. The molecule has 3 aliphatic rings. The van der Waals surface area contributed by atoms with Crippen LogP contribution in [-0.2, 0) is 20.8 Å². The summed E-state index contributed by atoms with van der Waals surface area (Å²) in [6.45, 7) is 14.8. The van der Waals surface area contributed by atoms with Crippen LogP contribution in [0, 0.1) is 28.6 Å². The van der Waals surface area contributed by atoms with Gasteiger partial charge in [0, 0.05) is 5.41 Å². The maximum Gasteiger partial charge on any atom is 0.192 e. The topological polar surface area (TPSA) is 109 Å². The van der Waals surface area contributed by atoms with Crippen molar-refractivity contribution in [2.24, 2.45) is 28.6 Å². The number of allylic oxidation sites excluding steroid dienone is 1. The molecule has 0 saturated heterocycles. The number of hydrogen-bond donors (Lipinski definition) is 2. The highest BCUT2D eigenvalue weighted by Crippen LogP contribution is 2.64. The third kappa shape index (κ3) is 3.79. The van der Waals surface area contributed by atoms with Gasteiger partial charge in [-0.1, -0.05) is 83.0 Å². The van der Waals surface area contributed by atoms with Gasteiger partial charge in [0.05, 0.1) is 11.5 Å². The molecule has 3 aliphatic carbocycles. The SMILES string of the molecule is CC(=O)C1C(=O)[C@@]2(O)C(=O)C3C(=O)c4c(O)ccc(-c5ccc(C(C)C)cc5)c4C[C@@]3(C)C[C@@]2(C)C(C(C)C)=C1C. The fourth-order valence-electron chi connectivity index (χ4n) is 8.66. The lowest BCUT2D eigenvalue weighted by atomic mass is 9.41. The smallest absolute Gasteiger partial charge is 0.192 e. The Morgan fingerprint density at radius 2 is 1.54 bits per heavy atom. The molecule has 6 nitrogen and oxygen atoms in total. The number of ketones is 4. The van der Waals surface area contributed by atoms with Crippen molar-refractivity contribution in [2.45, 2.75) is 79.8 Å². The second-order valence-electron chi connectivity index (χ2n) is 13.6. The fraction of sp³-hybridized carbons (Fsp3) is 0.486. The molecule has 0 aliphatic heterocycles. The molecule has 6 heteroatoms. The van der Waals surface area contributed by atoms with Gasteiger partial charge in [-0.3, -0.25) is 19.2 Å². The number of hydrogen-bond acceptors (Lipinski definition) is 6. The maximum absolute atomic E-state index is 14.5. The van der Waals surface area contributed by atoms with Gasteiger partial charge in [-0.25, -0.2) is 0 Å². The van der Waals surface area contributed by atoms with Gasteiger partial charge in [-0.15, -0.1) is 0 Å². The Hall–Kier alpha value is -3.38. The zero-order chi connectivity index (χ0) is 30.4. The van der Waals surface area contributed by atoms with Crippen LogP contribution in [0.15, 0.2) is 47.5 Å². The molecule has 1 saturated carbocycles. The summed E-state index contributed by atoms with van der Waals surface area (Å²) >= 11 is 0. The molecule has 0 bridgehead atoms. The van der Waals surface area contributed by atoms with Gasteiger partial charge in [-0.2, -0.15) is 0 Å². The minimum Gasteiger partial charge on any atom is -0.507 e. The highest BCUT2D eigenvalue weighted by Gasteiger charge is 2.73. The first-order chi connectivity index (χ1) is 19.0. The summed E-state index contributed by atoms with van der Waals surface area (Å²) < 4.78 is 0. The molecule has 2 aromatic rings. The van der Waals surface area contributed by atoms with Crippen molar-refractivity contribution in [3.8, 4) is 16.9 Å². The van der Waals surface area contributed by atoms with E-state index in [2.05, 4.69) is 26.0 Å². The molecule has 2 N–H and O–H groups in total. The third-order valence-electron chi connectivity index (χ3n) is 10.2. The van der Waals surface area contributed by atoms with Crippen LogP contribution in [0.5, 0.6) is 5.75 Å². The second kappa shape index (κ2) is 9.32. The lowest BCUT2D eigenvalue weighted by molar-refractivity contribution is -0.183. The minimum absolute atomic E-state index is 0.0700. The van der Waals surface area contributed by atoms with E-state index in [1.165, 1.54) is 18.6 Å². The van der Waals surface area contributed by atoms with E-state index in [1.54, 1.807) is 13.8 Å². The Morgan fingerprint density at radius 1 is 0.927 bits per heavy atom. The average molecular weight is 557 g/mol. The summed E-state index contributed by atoms with van der Waals surface area (Å²) in [6, 6.07) is 11.4. The lowest BCUT2D eigenvalue weighted by Gasteiger charge is -2.60. The van der Waals surface area contributed by atoms with Crippen molar-refractivity contribution < 1.29 is 29.4 Å². The summed E-state index contributed by atoms with van der Waals surface area (Å²) in [5.74, 6) is -5.32. The van der Waals surface area contributed by atoms with Crippen molar-refractivity contribution in [2.75, 3.05) is 0 Å². The highest BCUT2D eigenvalue weighted by atomic mass is 16.3. The molecule has 2 aromatic carbocycles. The predicted octanol–water partition coefficient (Wildman–Crippen LogP) is 6.01. The summed E-state index contributed by atoms with van der Waals surface area (Å²) in [5.41, 5.74) is 0.189. The molecule has 41 heavy (non-hydrogen) atoms. The van der Waals surface area contributed by atoms with Gasteiger partial charge >= 0.3 is 0 Å². The highest BCUT2D eigenvalue weighted by molar-refractivity contribution is 6.27. The van der Waals surface area contributed by atoms with E-state index in [1.807, 2.05) is 39.0 Å². The van der Waals surface area contributed by atoms with Crippen LogP contribution in [0.25, 0.3) is 11.1 Å². The average Bonchev–Trinajstić information content (AvgIpc) is 2.86. The van der Waals surface area contributed by atoms with E-state index < -0.39 is 51.4 Å². The largest absolute Gasteiger partial charge is 0.507 e. The zero-order valence-electron chi connectivity index (χ0n) is 25.2. The number of benzene rings is 2. The first kappa shape index (κ1) is 29.1. The number of phenols is 1. The van der Waals surface area contributed by atoms with Crippen LogP contribution >= 0.6 is 0 Å². The predicted molar refractivity (Wildman–Crippen MR) is 157 cm³/mol. The Balaban J connectivity index is 1.73. The standard InChI is InChI=1S/C35H40O6/c1-17(2)21-9-11-22(12-10-21)23-13-14-25(37)27-24(23)15-33(7)16-34(8)28(18(3)4)19(5)26(20(6)36)31(39)35(34,41)32(40)29(33)30(27)38/h9-14,17-18,26,29,37,41H,15-16H2,1-8H3/t26?,29?,33-,34-,35+/m0/s1. The Bertz CT molecular complexity index is 1540. The molecular weight excluding hydrogens is 516 g/mol. The van der Waals surface area contributed by atoms with Crippen LogP contribution < -0.4 is 0 Å². The molecule has 0 amide bonds. The third-order valence-corrected chi connectivity index (χ3v) is 10.2. The number of Topliss-reactive ketones (excluding diaryl/α,β-unsaturated/α-hetero) is 4. The van der Waals surface area contributed by atoms with E-state index in [9.17, 15) is 29.4 Å². The van der Waals surface area contributed by atoms with Gasteiger partial charge in [0.1, 0.15) is 17.5 Å². The molecule has 0 heterocycles. The van der Waals surface area contributed by atoms with Crippen LogP contribution in [0.2, 0.25) is 0 Å². The molecule has 0 radical (unpaired) electrons. The quantitative estimate of drug-likeness (QED) is 0.352. The normalized spacial score (nSPS) is 31.3. The van der Waals surface area contributed by atoms with Gasteiger partial charge in [-0.05, 0) is 72.3 Å². The summed E-state index contributed by atoms with van der Waals surface area (Å²) in [4.78, 5) is 55.3. The Kier molecular flexibility index (Phi) is 6.62. The molecule has 0 aromatic heterocycles. The van der Waals surface area contributed by atoms with Gasteiger partial charge < -0.3 is 10.2 Å². The minimum atomic E-state index is -2.53. The number of rotatable bonds is 4. The summed E-state index contributed by atoms with van der Waals surface area (Å²) in [7, 11) is 0. The molecule has 1 fully saturated rings. The van der Waals surface area contributed by atoms with E-state index in [0.717, 1.165) is 16.7 Å². The zero-order valence-corrected chi connectivity index (χ0v) is 25.2. The van der Waals surface area contributed by atoms with Crippen LogP contribution in [0.3, 0.4) is 0 Å². The van der Waals surface area contributed by atoms with Crippen molar-refractivity contribution in [3.63, 3.8) is 0 Å². The molecule has 5 atom stereocenters. The van der Waals surface area contributed by atoms with Crippen molar-refractivity contribution in [3.05, 3.63) is 64.2 Å². The van der Waals surface area contributed by atoms with E-state index in [4.69, 9.17) is 0 Å². The monoisotopic (exact) mass is 556 g/mol. The van der Waals surface area contributed by atoms with Gasteiger partial charge in [0.2, 0.25) is 0 Å². The summed E-state index contributed by atoms with van der Waals surface area (Å²) in [5, 5.41) is 23.2. The van der Waals surface area contributed by atoms with Gasteiger partial charge in [0.25, 0.3) is 0 Å². The number of aliphatic hydroxyl groups is 1. The van der Waals surface area contributed by atoms with E-state index in [0.29, 0.717) is 23.5 Å². The van der Waals surface area contributed by atoms with Crippen LogP contribution in [0.1, 0.15) is 89.2 Å². The lowest BCUT2D eigenvalue weighted by Crippen LogP contribution is -2.73. The van der Waals surface area contributed by atoms with Crippen molar-refractivity contribution in [1.82, 2.24) is 0 Å². The molecular formula is C35H40O6. The molecule has 0 spiro atoms. The molecule has 2 unspecified atom stereocenters. The first-order valence-electron chi connectivity index (χ1n) is 14.5. The number of fused-ring (bicyclic) bond motifs is 3. The van der Waals surface area contributed by atoms with Gasteiger partial charge in [0.15, 0.2) is 23.0 Å². The van der Waals surface area contributed by atoms with E-state index >= 15 is 0 Å². The van der Waals surface area contributed by atoms with Crippen molar-refractivity contribution >= 4 is 23.1 Å². The maximum atomic E-state index is 14.5. The van der Waals surface area contributed by atoms with E-state index in [-0.39, 0.29) is 23.7 Å². The van der Waals surface area contributed by atoms with Crippen molar-refractivity contribution in [1.29, 1.82) is 0 Å². The van der Waals surface area contributed by atoms with Crippen LogP contribution in [-0.4, -0.2) is 38.9 Å². The summed E-state index contributed by atoms with van der Waals surface area (Å²) in [6.07, 6.45) is 0.501. The number of carbonyl (C=O) groups excluding carboxylic acids is 4. The number of carbonyl (C=O) groups is 4. The number of aromatic hydroxyl groups is 1. The Morgan fingerprint density at radius 3 is 2.07 bits per heavy atom. The van der Waals surface area contributed by atoms with Crippen LogP contribution in [0.4, 0.5) is 0 Å².